The number of carbonyl (C=O) groups excluding carboxylic acids is 2. The number of para-hydroxylation sites is 1. The Hall–Kier alpha value is -9.17. The van der Waals surface area contributed by atoms with Crippen LogP contribution in [0.1, 0.15) is 10.4 Å². The minimum Gasteiger partial charge on any atom is -0.355 e. The molecule has 3 amide bonds. The van der Waals surface area contributed by atoms with E-state index in [0.29, 0.717) is 39.0 Å². The molecule has 0 aliphatic carbocycles. The van der Waals surface area contributed by atoms with E-state index in [4.69, 9.17) is 0 Å². The molecule has 14 heteroatoms. The predicted octanol–water partition coefficient (Wildman–Crippen LogP) is 9.93. The second-order valence-electron chi connectivity index (χ2n) is 14.2. The number of pyridine rings is 5. The fraction of sp³-hybridized carbons (Fsp3) is 0. The maximum Gasteiger partial charge on any atom is 0.323 e. The SMILES string of the molecule is O=C(Nc1ccc(Nc2ccnc3[nH]c(=O)c4ccccc4c23)cc1)c1cccnc1.O=C(Nc1ccccc1)Nc1ccc(Nc2ccnc3[nH]c(=O)c4ccccc4c23)cc1. The molecule has 7 N–H and O–H groups in total. The number of amides is 3. The number of anilines is 7. The summed E-state index contributed by atoms with van der Waals surface area (Å²) in [6.45, 7) is 0. The molecule has 63 heavy (non-hydrogen) atoms. The average molecular weight is 829 g/mol. The van der Waals surface area contributed by atoms with Gasteiger partial charge in [0.05, 0.1) is 16.9 Å². The van der Waals surface area contributed by atoms with E-state index in [1.165, 1.54) is 6.20 Å². The summed E-state index contributed by atoms with van der Waals surface area (Å²) in [5, 5.41) is 19.8. The molecule has 5 heterocycles. The number of nitrogens with one attached hydrogen (secondary N) is 7. The van der Waals surface area contributed by atoms with Gasteiger partial charge in [-0.15, -0.1) is 0 Å². The molecule has 0 aliphatic rings. The minimum atomic E-state index is -0.313. The lowest BCUT2D eigenvalue weighted by atomic mass is 10.1. The lowest BCUT2D eigenvalue weighted by Crippen LogP contribution is -2.19. The highest BCUT2D eigenvalue weighted by Crippen LogP contribution is 2.31. The van der Waals surface area contributed by atoms with Crippen LogP contribution < -0.4 is 37.7 Å². The Kier molecular flexibility index (Phi) is 11.0. The molecule has 0 bridgehead atoms. The number of aromatic amines is 2. The summed E-state index contributed by atoms with van der Waals surface area (Å²) in [5.41, 5.74) is 6.59. The molecule has 5 aromatic heterocycles. The molecule has 10 aromatic rings. The molecule has 0 saturated heterocycles. The highest BCUT2D eigenvalue weighted by molar-refractivity contribution is 6.12. The zero-order chi connectivity index (χ0) is 43.1. The number of carbonyl (C=O) groups is 2. The molecule has 14 nitrogen and oxygen atoms in total. The summed E-state index contributed by atoms with van der Waals surface area (Å²) in [6, 6.07) is 45.8. The number of rotatable bonds is 8. The number of hydrogen-bond acceptors (Lipinski definition) is 9. The van der Waals surface area contributed by atoms with Crippen molar-refractivity contribution in [3.05, 3.63) is 203 Å². The summed E-state index contributed by atoms with van der Waals surface area (Å²) in [4.78, 5) is 67.5. The third kappa shape index (κ3) is 8.76. The highest BCUT2D eigenvalue weighted by Gasteiger charge is 2.13. The van der Waals surface area contributed by atoms with Gasteiger partial charge < -0.3 is 36.6 Å². The maximum atomic E-state index is 12.3. The van der Waals surface area contributed by atoms with E-state index in [9.17, 15) is 19.2 Å². The number of aromatic nitrogens is 5. The molecule has 0 atom stereocenters. The predicted molar refractivity (Wildman–Crippen MR) is 250 cm³/mol. The van der Waals surface area contributed by atoms with Gasteiger partial charge >= 0.3 is 6.03 Å². The first kappa shape index (κ1) is 39.3. The quantitative estimate of drug-likeness (QED) is 0.0729. The van der Waals surface area contributed by atoms with E-state index >= 15 is 0 Å². The van der Waals surface area contributed by atoms with Crippen LogP contribution in [0, 0.1) is 0 Å². The maximum absolute atomic E-state index is 12.3. The van der Waals surface area contributed by atoms with Crippen LogP contribution in [0.4, 0.5) is 44.6 Å². The molecule has 0 fully saturated rings. The second-order valence-corrected chi connectivity index (χ2v) is 14.2. The van der Waals surface area contributed by atoms with Crippen molar-refractivity contribution in [1.29, 1.82) is 0 Å². The Labute approximate surface area is 358 Å². The molecule has 5 aromatic carbocycles. The fourth-order valence-electron chi connectivity index (χ4n) is 7.11. The fourth-order valence-corrected chi connectivity index (χ4v) is 7.11. The van der Waals surface area contributed by atoms with Crippen molar-refractivity contribution in [3.63, 3.8) is 0 Å². The number of benzene rings is 5. The van der Waals surface area contributed by atoms with E-state index in [2.05, 4.69) is 51.5 Å². The monoisotopic (exact) mass is 828 g/mol. The average Bonchev–Trinajstić information content (AvgIpc) is 3.31. The third-order valence-corrected chi connectivity index (χ3v) is 10.0. The van der Waals surface area contributed by atoms with Gasteiger partial charge in [0.25, 0.3) is 17.0 Å². The van der Waals surface area contributed by atoms with Gasteiger partial charge in [-0.2, -0.15) is 0 Å². The number of urea groups is 1. The first-order valence-corrected chi connectivity index (χ1v) is 19.7. The number of nitrogens with zero attached hydrogens (tertiary/aromatic N) is 3. The molecule has 0 aliphatic heterocycles. The van der Waals surface area contributed by atoms with E-state index in [1.54, 1.807) is 42.9 Å². The van der Waals surface area contributed by atoms with Crippen LogP contribution in [-0.2, 0) is 0 Å². The van der Waals surface area contributed by atoms with Gasteiger partial charge in [-0.05, 0) is 97.1 Å². The summed E-state index contributed by atoms with van der Waals surface area (Å²) in [7, 11) is 0. The van der Waals surface area contributed by atoms with Gasteiger partial charge in [-0.1, -0.05) is 54.6 Å². The molecule has 306 valence electrons. The van der Waals surface area contributed by atoms with Crippen molar-refractivity contribution in [1.82, 2.24) is 24.9 Å². The van der Waals surface area contributed by atoms with Crippen LogP contribution in [0.5, 0.6) is 0 Å². The summed E-state index contributed by atoms with van der Waals surface area (Å²) < 4.78 is 0. The molecular formula is C49H36N10O4. The van der Waals surface area contributed by atoms with Crippen LogP contribution in [0.2, 0.25) is 0 Å². The van der Waals surface area contributed by atoms with Crippen molar-refractivity contribution in [2.45, 2.75) is 0 Å². The normalized spacial score (nSPS) is 10.8. The molecule has 0 radical (unpaired) electrons. The van der Waals surface area contributed by atoms with Gasteiger partial charge in [-0.25, -0.2) is 14.8 Å². The van der Waals surface area contributed by atoms with Gasteiger partial charge in [0.1, 0.15) is 11.3 Å². The summed E-state index contributed by atoms with van der Waals surface area (Å²) >= 11 is 0. The lowest BCUT2D eigenvalue weighted by molar-refractivity contribution is 0.102. The smallest absolute Gasteiger partial charge is 0.323 e. The highest BCUT2D eigenvalue weighted by atomic mass is 16.2. The van der Waals surface area contributed by atoms with E-state index in [1.807, 2.05) is 127 Å². The second kappa shape index (κ2) is 17.6. The van der Waals surface area contributed by atoms with Crippen molar-refractivity contribution in [3.8, 4) is 0 Å². The number of fused-ring (bicyclic) bond motifs is 6. The largest absolute Gasteiger partial charge is 0.355 e. The topological polar surface area (TPSA) is 199 Å². The van der Waals surface area contributed by atoms with E-state index in [0.717, 1.165) is 50.0 Å². The van der Waals surface area contributed by atoms with Crippen molar-refractivity contribution in [2.75, 3.05) is 26.6 Å². The van der Waals surface area contributed by atoms with Crippen LogP contribution in [-0.4, -0.2) is 36.9 Å². The number of hydrogen-bond donors (Lipinski definition) is 7. The number of H-pyrrole nitrogens is 2. The summed E-state index contributed by atoms with van der Waals surface area (Å²) in [5.74, 6) is -0.218. The molecular weight excluding hydrogens is 793 g/mol. The van der Waals surface area contributed by atoms with E-state index in [-0.39, 0.29) is 23.1 Å². The van der Waals surface area contributed by atoms with Gasteiger partial charge in [0.2, 0.25) is 0 Å². The van der Waals surface area contributed by atoms with Crippen LogP contribution >= 0.6 is 0 Å². The zero-order valence-corrected chi connectivity index (χ0v) is 33.2. The minimum absolute atomic E-state index is 0.165. The van der Waals surface area contributed by atoms with Gasteiger partial charge in [-0.3, -0.25) is 19.4 Å². The molecule has 0 spiro atoms. The van der Waals surface area contributed by atoms with Crippen molar-refractivity contribution >= 4 is 95.4 Å². The Morgan fingerprint density at radius 2 is 0.873 bits per heavy atom. The Bertz CT molecular complexity index is 3400. The Morgan fingerprint density at radius 3 is 1.37 bits per heavy atom. The molecule has 10 rings (SSSR count). The van der Waals surface area contributed by atoms with Gasteiger partial charge in [0.15, 0.2) is 0 Å². The standard InChI is InChI=1S/C25H19N5O2.C24H17N5O2/c31-24-20-9-5-4-8-19(20)22-21(14-15-26-23(22)30-24)27-17-10-12-18(13-11-17)29-25(32)28-16-6-2-1-3-7-16;30-23(15-4-3-12-25-14-15)28-17-9-7-16(8-10-17)27-20-11-13-26-22-21(20)18-5-1-2-6-19(18)24(31)29-22/h1-15H,(H2,28,29,32)(H2,26,27,30,31);1-14H,(H,28,30)(H2,26,27,29,31). The first-order chi connectivity index (χ1) is 30.9. The van der Waals surface area contributed by atoms with E-state index < -0.39 is 0 Å². The third-order valence-electron chi connectivity index (χ3n) is 10.0. The summed E-state index contributed by atoms with van der Waals surface area (Å²) in [6.07, 6.45) is 6.45. The Morgan fingerprint density at radius 1 is 0.429 bits per heavy atom. The lowest BCUT2D eigenvalue weighted by Gasteiger charge is -2.12. The van der Waals surface area contributed by atoms with Crippen LogP contribution in [0.3, 0.4) is 0 Å². The first-order valence-electron chi connectivity index (χ1n) is 19.7. The van der Waals surface area contributed by atoms with Crippen LogP contribution in [0.15, 0.2) is 186 Å². The van der Waals surface area contributed by atoms with Crippen LogP contribution in [0.25, 0.3) is 43.6 Å². The Balaban J connectivity index is 0.000000160. The van der Waals surface area contributed by atoms with Crippen molar-refractivity contribution < 1.29 is 9.59 Å². The molecule has 0 saturated carbocycles. The molecule has 0 unspecified atom stereocenters. The zero-order valence-electron chi connectivity index (χ0n) is 33.2. The van der Waals surface area contributed by atoms with Gasteiger partial charge in [0, 0.05) is 85.5 Å². The van der Waals surface area contributed by atoms with Crippen molar-refractivity contribution in [2.24, 2.45) is 0 Å².